The van der Waals surface area contributed by atoms with Crippen LogP contribution in [0.4, 0.5) is 11.4 Å². The molecule has 4 heterocycles. The maximum atomic E-state index is 13.7. The molecule has 7 heteroatoms. The molecule has 0 atom stereocenters. The molecule has 0 amide bonds. The molecule has 1 saturated heterocycles. The molecule has 0 radical (unpaired) electrons. The smallest absolute Gasteiger partial charge is 0.278 e. The van der Waals surface area contributed by atoms with Crippen molar-refractivity contribution in [3.63, 3.8) is 0 Å². The van der Waals surface area contributed by atoms with Crippen LogP contribution >= 0.6 is 0 Å². The van der Waals surface area contributed by atoms with Crippen LogP contribution in [0.15, 0.2) is 53.3 Å². The van der Waals surface area contributed by atoms with Crippen LogP contribution in [-0.2, 0) is 6.42 Å². The van der Waals surface area contributed by atoms with Crippen molar-refractivity contribution in [2.45, 2.75) is 32.6 Å². The number of hydrogen-bond donors (Lipinski definition) is 2. The zero-order chi connectivity index (χ0) is 23.1. The number of nitrogens with zero attached hydrogens (tertiary/aromatic N) is 3. The number of ether oxygens (including phenoxy) is 1. The van der Waals surface area contributed by atoms with Crippen molar-refractivity contribution in [1.82, 2.24) is 14.6 Å². The quantitative estimate of drug-likeness (QED) is 0.478. The Labute approximate surface area is 198 Å². The van der Waals surface area contributed by atoms with Crippen molar-refractivity contribution < 1.29 is 4.74 Å². The van der Waals surface area contributed by atoms with Crippen molar-refractivity contribution in [2.75, 3.05) is 36.5 Å². The highest BCUT2D eigenvalue weighted by Crippen LogP contribution is 2.35. The number of piperidine rings is 1. The van der Waals surface area contributed by atoms with Gasteiger partial charge in [0.25, 0.3) is 5.56 Å². The summed E-state index contributed by atoms with van der Waals surface area (Å²) in [7, 11) is 0. The van der Waals surface area contributed by atoms with Gasteiger partial charge in [-0.1, -0.05) is 36.4 Å². The van der Waals surface area contributed by atoms with E-state index in [1.807, 2.05) is 37.3 Å². The van der Waals surface area contributed by atoms with E-state index in [-0.39, 0.29) is 5.56 Å². The Kier molecular flexibility index (Phi) is 5.24. The SMILES string of the molecule is Cc1[nH]c2c(N3CCCCC3)c(-c3ccccc3)nn2c(=O)c1Cc1ccc2c(c1)NCCO2. The summed E-state index contributed by atoms with van der Waals surface area (Å²) in [6.45, 7) is 5.41. The van der Waals surface area contributed by atoms with Gasteiger partial charge in [0.05, 0.1) is 5.69 Å². The molecule has 6 rings (SSSR count). The number of H-pyrrole nitrogens is 1. The van der Waals surface area contributed by atoms with Gasteiger partial charge in [0.15, 0.2) is 5.65 Å². The van der Waals surface area contributed by atoms with Gasteiger partial charge in [-0.05, 0) is 43.9 Å². The normalized spacial score (nSPS) is 15.6. The number of aromatic nitrogens is 3. The molecule has 2 N–H and O–H groups in total. The van der Waals surface area contributed by atoms with Crippen LogP contribution in [0.25, 0.3) is 16.9 Å². The maximum Gasteiger partial charge on any atom is 0.278 e. The van der Waals surface area contributed by atoms with E-state index in [9.17, 15) is 4.79 Å². The predicted octanol–water partition coefficient (Wildman–Crippen LogP) is 4.38. The Morgan fingerprint density at radius 3 is 2.71 bits per heavy atom. The van der Waals surface area contributed by atoms with Crippen LogP contribution in [-0.4, -0.2) is 40.8 Å². The second-order valence-corrected chi connectivity index (χ2v) is 9.19. The third-order valence-electron chi connectivity index (χ3n) is 6.89. The summed E-state index contributed by atoms with van der Waals surface area (Å²) in [6, 6.07) is 16.3. The summed E-state index contributed by atoms with van der Waals surface area (Å²) in [5.74, 6) is 0.863. The van der Waals surface area contributed by atoms with E-state index in [2.05, 4.69) is 33.4 Å². The van der Waals surface area contributed by atoms with Crippen molar-refractivity contribution in [2.24, 2.45) is 0 Å². The van der Waals surface area contributed by atoms with Gasteiger partial charge in [0.1, 0.15) is 23.7 Å². The molecule has 7 nitrogen and oxygen atoms in total. The lowest BCUT2D eigenvalue weighted by Crippen LogP contribution is -2.30. The Bertz CT molecular complexity index is 1400. The van der Waals surface area contributed by atoms with E-state index >= 15 is 0 Å². The Morgan fingerprint density at radius 1 is 1.06 bits per heavy atom. The molecule has 0 unspecified atom stereocenters. The number of benzene rings is 2. The molecule has 1 fully saturated rings. The average Bonchev–Trinajstić information content (AvgIpc) is 3.27. The number of aryl methyl sites for hydroxylation is 1. The van der Waals surface area contributed by atoms with Gasteiger partial charge < -0.3 is 19.9 Å². The minimum atomic E-state index is -0.0615. The summed E-state index contributed by atoms with van der Waals surface area (Å²) in [5, 5.41) is 8.25. The highest BCUT2D eigenvalue weighted by Gasteiger charge is 2.25. The fourth-order valence-electron chi connectivity index (χ4n) is 5.13. The fraction of sp³-hybridized carbons (Fsp3) is 0.333. The molecule has 0 saturated carbocycles. The van der Waals surface area contributed by atoms with Crippen molar-refractivity contribution in [3.05, 3.63) is 75.7 Å². The molecule has 2 aliphatic heterocycles. The Balaban J connectivity index is 1.47. The van der Waals surface area contributed by atoms with Gasteiger partial charge in [0.2, 0.25) is 0 Å². The van der Waals surface area contributed by atoms with Crippen LogP contribution in [0.5, 0.6) is 5.75 Å². The number of nitrogens with one attached hydrogen (secondary N) is 2. The molecule has 174 valence electrons. The van der Waals surface area contributed by atoms with E-state index in [0.717, 1.165) is 83.3 Å². The van der Waals surface area contributed by atoms with Crippen molar-refractivity contribution >= 4 is 17.0 Å². The molecule has 2 aromatic carbocycles. The largest absolute Gasteiger partial charge is 0.490 e. The second kappa shape index (κ2) is 8.56. The van der Waals surface area contributed by atoms with E-state index < -0.39 is 0 Å². The van der Waals surface area contributed by atoms with Crippen LogP contribution < -0.4 is 20.5 Å². The molecule has 0 aliphatic carbocycles. The molecule has 2 aromatic heterocycles. The first-order valence-corrected chi connectivity index (χ1v) is 12.1. The lowest BCUT2D eigenvalue weighted by Gasteiger charge is -2.28. The summed E-state index contributed by atoms with van der Waals surface area (Å²) < 4.78 is 7.28. The molecule has 0 spiro atoms. The van der Waals surface area contributed by atoms with Crippen LogP contribution in [0.1, 0.15) is 36.1 Å². The first-order chi connectivity index (χ1) is 16.7. The van der Waals surface area contributed by atoms with Gasteiger partial charge >= 0.3 is 0 Å². The second-order valence-electron chi connectivity index (χ2n) is 9.19. The highest BCUT2D eigenvalue weighted by atomic mass is 16.5. The Morgan fingerprint density at radius 2 is 1.88 bits per heavy atom. The maximum absolute atomic E-state index is 13.7. The van der Waals surface area contributed by atoms with Gasteiger partial charge in [0, 0.05) is 42.9 Å². The molecule has 34 heavy (non-hydrogen) atoms. The van der Waals surface area contributed by atoms with E-state index in [0.29, 0.717) is 13.0 Å². The minimum Gasteiger partial charge on any atom is -0.490 e. The van der Waals surface area contributed by atoms with Gasteiger partial charge in [-0.2, -0.15) is 9.61 Å². The Hall–Kier alpha value is -3.74. The zero-order valence-corrected chi connectivity index (χ0v) is 19.4. The first-order valence-electron chi connectivity index (χ1n) is 12.1. The number of hydrogen-bond acceptors (Lipinski definition) is 5. The molecule has 0 bridgehead atoms. The number of aromatic amines is 1. The lowest BCUT2D eigenvalue weighted by atomic mass is 10.0. The molecular formula is C27H29N5O2. The summed E-state index contributed by atoms with van der Waals surface area (Å²) in [5.41, 5.74) is 7.32. The van der Waals surface area contributed by atoms with E-state index in [1.54, 1.807) is 4.52 Å². The van der Waals surface area contributed by atoms with Crippen molar-refractivity contribution in [3.8, 4) is 17.0 Å². The zero-order valence-electron chi connectivity index (χ0n) is 19.4. The van der Waals surface area contributed by atoms with E-state index in [4.69, 9.17) is 9.84 Å². The minimum absolute atomic E-state index is 0.0615. The van der Waals surface area contributed by atoms with Crippen LogP contribution in [0.2, 0.25) is 0 Å². The average molecular weight is 456 g/mol. The van der Waals surface area contributed by atoms with Crippen LogP contribution in [0, 0.1) is 6.92 Å². The van der Waals surface area contributed by atoms with Gasteiger partial charge in [-0.15, -0.1) is 0 Å². The summed E-state index contributed by atoms with van der Waals surface area (Å²) in [6.07, 6.45) is 4.09. The molecule has 2 aliphatic rings. The number of fused-ring (bicyclic) bond motifs is 2. The monoisotopic (exact) mass is 455 g/mol. The highest BCUT2D eigenvalue weighted by molar-refractivity contribution is 5.86. The summed E-state index contributed by atoms with van der Waals surface area (Å²) in [4.78, 5) is 19.7. The third-order valence-corrected chi connectivity index (χ3v) is 6.89. The third kappa shape index (κ3) is 3.61. The standard InChI is InChI=1S/C27H29N5O2/c1-18-21(16-19-10-11-23-22(17-19)28-12-15-34-23)27(33)32-26(29-18)25(31-13-6-3-7-14-31)24(30-32)20-8-4-2-5-9-20/h2,4-5,8-11,17,28-29H,3,6-7,12-16H2,1H3. The predicted molar refractivity (Wildman–Crippen MR) is 135 cm³/mol. The summed E-state index contributed by atoms with van der Waals surface area (Å²) >= 11 is 0. The van der Waals surface area contributed by atoms with Crippen LogP contribution in [0.3, 0.4) is 0 Å². The van der Waals surface area contributed by atoms with E-state index in [1.165, 1.54) is 6.42 Å². The number of anilines is 2. The van der Waals surface area contributed by atoms with Gasteiger partial charge in [-0.3, -0.25) is 4.79 Å². The molecule has 4 aromatic rings. The lowest BCUT2D eigenvalue weighted by molar-refractivity contribution is 0.323. The van der Waals surface area contributed by atoms with Gasteiger partial charge in [-0.25, -0.2) is 0 Å². The molecular weight excluding hydrogens is 426 g/mol. The van der Waals surface area contributed by atoms with Crippen molar-refractivity contribution in [1.29, 1.82) is 0 Å². The fourth-order valence-corrected chi connectivity index (χ4v) is 5.13. The topological polar surface area (TPSA) is 74.7 Å². The first kappa shape index (κ1) is 20.8. The number of rotatable bonds is 4.